The number of carbonyl (C=O) groups excluding carboxylic acids is 1. The summed E-state index contributed by atoms with van der Waals surface area (Å²) in [5, 5.41) is 4.86. The van der Waals surface area contributed by atoms with Crippen LogP contribution in [0.2, 0.25) is 0 Å². The third-order valence-corrected chi connectivity index (χ3v) is 3.42. The Balaban J connectivity index is 2.02. The molecule has 1 aromatic heterocycles. The molecule has 0 bridgehead atoms. The zero-order chi connectivity index (χ0) is 16.2. The quantitative estimate of drug-likeness (QED) is 0.862. The zero-order valence-electron chi connectivity index (χ0n) is 11.5. The molecule has 0 aliphatic carbocycles. The molecular formula is C15H11F3N2OS. The van der Waals surface area contributed by atoms with Crippen molar-refractivity contribution in [3.05, 3.63) is 51.5 Å². The Labute approximate surface area is 129 Å². The Kier molecular flexibility index (Phi) is 4.83. The van der Waals surface area contributed by atoms with E-state index in [1.165, 1.54) is 29.5 Å². The first-order valence-electron chi connectivity index (χ1n) is 6.23. The molecule has 0 aliphatic rings. The summed E-state index contributed by atoms with van der Waals surface area (Å²) in [5.74, 6) is 4.54. The monoisotopic (exact) mass is 324 g/mol. The number of halogens is 3. The number of hydrogen-bond donors (Lipinski definition) is 1. The Hall–Kier alpha value is -2.33. The van der Waals surface area contributed by atoms with Crippen LogP contribution in [-0.4, -0.2) is 17.4 Å². The summed E-state index contributed by atoms with van der Waals surface area (Å²) >= 11 is 1.34. The van der Waals surface area contributed by atoms with Gasteiger partial charge in [0.05, 0.1) is 17.1 Å². The van der Waals surface area contributed by atoms with Crippen molar-refractivity contribution < 1.29 is 18.0 Å². The second-order valence-corrected chi connectivity index (χ2v) is 5.34. The summed E-state index contributed by atoms with van der Waals surface area (Å²) in [6.45, 7) is 1.72. The van der Waals surface area contributed by atoms with Gasteiger partial charge in [0.15, 0.2) is 0 Å². The number of nitrogens with zero attached hydrogens (tertiary/aromatic N) is 1. The number of amides is 1. The van der Waals surface area contributed by atoms with Crippen LogP contribution < -0.4 is 5.32 Å². The van der Waals surface area contributed by atoms with E-state index in [0.29, 0.717) is 0 Å². The lowest BCUT2D eigenvalue weighted by molar-refractivity contribution is -0.137. The molecule has 0 unspecified atom stereocenters. The number of thiazole rings is 1. The van der Waals surface area contributed by atoms with Gasteiger partial charge in [0.2, 0.25) is 0 Å². The van der Waals surface area contributed by atoms with Gasteiger partial charge in [0.25, 0.3) is 5.91 Å². The van der Waals surface area contributed by atoms with Crippen LogP contribution in [0.5, 0.6) is 0 Å². The maximum Gasteiger partial charge on any atom is 0.417 e. The molecule has 0 aliphatic heterocycles. The SMILES string of the molecule is Cc1nc(C(=O)NCC#Cc2ccccc2C(F)(F)F)cs1. The summed E-state index contributed by atoms with van der Waals surface area (Å²) in [7, 11) is 0. The molecule has 1 aromatic carbocycles. The number of rotatable bonds is 2. The summed E-state index contributed by atoms with van der Waals surface area (Å²) in [6, 6.07) is 5.05. The highest BCUT2D eigenvalue weighted by atomic mass is 32.1. The molecule has 3 nitrogen and oxygen atoms in total. The highest BCUT2D eigenvalue weighted by molar-refractivity contribution is 7.09. The highest BCUT2D eigenvalue weighted by Crippen LogP contribution is 2.31. The Morgan fingerprint density at radius 3 is 2.73 bits per heavy atom. The van der Waals surface area contributed by atoms with Gasteiger partial charge in [-0.05, 0) is 19.1 Å². The average molecular weight is 324 g/mol. The fourth-order valence-electron chi connectivity index (χ4n) is 1.66. The average Bonchev–Trinajstić information content (AvgIpc) is 2.89. The van der Waals surface area contributed by atoms with Crippen LogP contribution >= 0.6 is 11.3 Å². The van der Waals surface area contributed by atoms with Crippen molar-refractivity contribution in [1.29, 1.82) is 0 Å². The molecule has 2 rings (SSSR count). The first-order valence-corrected chi connectivity index (χ1v) is 7.11. The minimum absolute atomic E-state index is 0.0540. The number of nitrogens with one attached hydrogen (secondary N) is 1. The Morgan fingerprint density at radius 2 is 2.09 bits per heavy atom. The number of benzene rings is 1. The van der Waals surface area contributed by atoms with Crippen LogP contribution in [0.4, 0.5) is 13.2 Å². The molecular weight excluding hydrogens is 313 g/mol. The first kappa shape index (κ1) is 16.0. The van der Waals surface area contributed by atoms with Crippen LogP contribution in [0.15, 0.2) is 29.6 Å². The fourth-order valence-corrected chi connectivity index (χ4v) is 2.25. The summed E-state index contributed by atoms with van der Waals surface area (Å²) in [5.41, 5.74) is -0.627. The normalized spacial score (nSPS) is 10.7. The Bertz CT molecular complexity index is 741. The maximum atomic E-state index is 12.8. The molecule has 1 amide bonds. The predicted octanol–water partition coefficient (Wildman–Crippen LogP) is 3.25. The lowest BCUT2D eigenvalue weighted by Crippen LogP contribution is -2.23. The molecule has 2 aromatic rings. The lowest BCUT2D eigenvalue weighted by atomic mass is 10.1. The van der Waals surface area contributed by atoms with Gasteiger partial charge in [-0.25, -0.2) is 4.98 Å². The minimum Gasteiger partial charge on any atom is -0.340 e. The summed E-state index contributed by atoms with van der Waals surface area (Å²) < 4.78 is 38.3. The maximum absolute atomic E-state index is 12.8. The molecule has 1 N–H and O–H groups in total. The smallest absolute Gasteiger partial charge is 0.340 e. The van der Waals surface area contributed by atoms with Gasteiger partial charge in [-0.1, -0.05) is 24.0 Å². The fraction of sp³-hybridized carbons (Fsp3) is 0.200. The first-order chi connectivity index (χ1) is 10.4. The lowest BCUT2D eigenvalue weighted by Gasteiger charge is -2.08. The van der Waals surface area contributed by atoms with Crippen molar-refractivity contribution >= 4 is 17.2 Å². The van der Waals surface area contributed by atoms with Crippen LogP contribution in [0.1, 0.15) is 26.6 Å². The van der Waals surface area contributed by atoms with Crippen LogP contribution in [0.3, 0.4) is 0 Å². The molecule has 0 saturated heterocycles. The largest absolute Gasteiger partial charge is 0.417 e. The topological polar surface area (TPSA) is 42.0 Å². The van der Waals surface area contributed by atoms with Gasteiger partial charge in [0, 0.05) is 10.9 Å². The van der Waals surface area contributed by atoms with Crippen LogP contribution in [0, 0.1) is 18.8 Å². The second kappa shape index (κ2) is 6.62. The van der Waals surface area contributed by atoms with Crippen LogP contribution in [-0.2, 0) is 6.18 Å². The summed E-state index contributed by atoms with van der Waals surface area (Å²) in [6.07, 6.45) is -4.45. The molecule has 1 heterocycles. The van der Waals surface area contributed by atoms with E-state index in [-0.39, 0.29) is 17.8 Å². The van der Waals surface area contributed by atoms with Crippen molar-refractivity contribution in [2.24, 2.45) is 0 Å². The molecule has 114 valence electrons. The molecule has 0 atom stereocenters. The van der Waals surface area contributed by atoms with Gasteiger partial charge < -0.3 is 5.32 Å². The number of carbonyl (C=O) groups is 1. The number of aromatic nitrogens is 1. The van der Waals surface area contributed by atoms with Gasteiger partial charge in [0.1, 0.15) is 5.69 Å². The Morgan fingerprint density at radius 1 is 1.36 bits per heavy atom. The molecule has 0 saturated carbocycles. The van der Waals surface area contributed by atoms with E-state index >= 15 is 0 Å². The summed E-state index contributed by atoms with van der Waals surface area (Å²) in [4.78, 5) is 15.7. The van der Waals surface area contributed by atoms with E-state index in [0.717, 1.165) is 11.1 Å². The number of hydrogen-bond acceptors (Lipinski definition) is 3. The number of aryl methyl sites for hydroxylation is 1. The van der Waals surface area contributed by atoms with Crippen molar-refractivity contribution in [3.63, 3.8) is 0 Å². The van der Waals surface area contributed by atoms with Crippen molar-refractivity contribution in [1.82, 2.24) is 10.3 Å². The van der Waals surface area contributed by atoms with Crippen molar-refractivity contribution in [2.45, 2.75) is 13.1 Å². The van der Waals surface area contributed by atoms with E-state index in [1.54, 1.807) is 12.3 Å². The van der Waals surface area contributed by atoms with E-state index in [1.807, 2.05) is 0 Å². The zero-order valence-corrected chi connectivity index (χ0v) is 12.3. The highest BCUT2D eigenvalue weighted by Gasteiger charge is 2.32. The molecule has 7 heteroatoms. The third-order valence-electron chi connectivity index (χ3n) is 2.64. The van der Waals surface area contributed by atoms with Crippen molar-refractivity contribution in [3.8, 4) is 11.8 Å². The van der Waals surface area contributed by atoms with Crippen LogP contribution in [0.25, 0.3) is 0 Å². The molecule has 0 radical (unpaired) electrons. The van der Waals surface area contributed by atoms with E-state index in [9.17, 15) is 18.0 Å². The molecule has 0 fully saturated rings. The standard InChI is InChI=1S/C15H11F3N2OS/c1-10-20-13(9-22-10)14(21)19-8-4-6-11-5-2-3-7-12(11)15(16,17)18/h2-3,5,7,9H,8H2,1H3,(H,19,21). The minimum atomic E-state index is -4.45. The van der Waals surface area contributed by atoms with Gasteiger partial charge in [-0.3, -0.25) is 4.79 Å². The van der Waals surface area contributed by atoms with E-state index in [2.05, 4.69) is 22.1 Å². The van der Waals surface area contributed by atoms with Gasteiger partial charge in [-0.2, -0.15) is 13.2 Å². The van der Waals surface area contributed by atoms with Crippen molar-refractivity contribution in [2.75, 3.05) is 6.54 Å². The number of alkyl halides is 3. The van der Waals surface area contributed by atoms with E-state index in [4.69, 9.17) is 0 Å². The van der Waals surface area contributed by atoms with E-state index < -0.39 is 17.6 Å². The predicted molar refractivity (Wildman–Crippen MR) is 77.5 cm³/mol. The molecule has 0 spiro atoms. The van der Waals surface area contributed by atoms with Gasteiger partial charge >= 0.3 is 6.18 Å². The van der Waals surface area contributed by atoms with Gasteiger partial charge in [-0.15, -0.1) is 11.3 Å². The molecule has 22 heavy (non-hydrogen) atoms. The third kappa shape index (κ3) is 4.09. The second-order valence-electron chi connectivity index (χ2n) is 4.28.